The number of carbonyl (C=O) groups excluding carboxylic acids is 1. The molecule has 0 aromatic rings. The highest BCUT2D eigenvalue weighted by molar-refractivity contribution is 5.76. The number of nitrogens with one attached hydrogen (secondary N) is 1. The number of rotatable bonds is 40. The first-order valence-electron chi connectivity index (χ1n) is 24.1. The number of carbonyl (C=O) groups is 1. The van der Waals surface area contributed by atoms with Gasteiger partial charge in [0.2, 0.25) is 5.91 Å². The third kappa shape index (κ3) is 29.5. The molecule has 1 amide bonds. The third-order valence-corrected chi connectivity index (χ3v) is 11.5. The predicted molar refractivity (Wildman–Crippen MR) is 235 cm³/mol. The monoisotopic (exact) mass is 810 g/mol. The number of hydrogen-bond acceptors (Lipinski definition) is 8. The molecule has 0 saturated carbocycles. The molecule has 336 valence electrons. The summed E-state index contributed by atoms with van der Waals surface area (Å²) in [4.78, 5) is 13.0. The summed E-state index contributed by atoms with van der Waals surface area (Å²) in [5.74, 6) is -0.177. The molecule has 0 aromatic carbocycles. The molecule has 6 unspecified atom stereocenters. The Kier molecular flexibility index (Phi) is 36.6. The maximum atomic E-state index is 13.0. The van der Waals surface area contributed by atoms with Crippen molar-refractivity contribution >= 4 is 5.91 Å². The van der Waals surface area contributed by atoms with Crippen molar-refractivity contribution in [2.24, 2.45) is 0 Å². The van der Waals surface area contributed by atoms with Crippen LogP contribution in [0.5, 0.6) is 0 Å². The van der Waals surface area contributed by atoms with Crippen molar-refractivity contribution in [2.75, 3.05) is 13.2 Å². The van der Waals surface area contributed by atoms with E-state index in [0.29, 0.717) is 6.42 Å². The minimum absolute atomic E-state index is 0.177. The van der Waals surface area contributed by atoms with E-state index in [9.17, 15) is 30.3 Å². The van der Waals surface area contributed by atoms with Crippen LogP contribution in [0.15, 0.2) is 24.3 Å². The molecule has 0 aliphatic carbocycles. The van der Waals surface area contributed by atoms with E-state index in [-0.39, 0.29) is 12.5 Å². The molecule has 1 aliphatic rings. The summed E-state index contributed by atoms with van der Waals surface area (Å²) < 4.78 is 11.2. The molecule has 1 aliphatic heterocycles. The lowest BCUT2D eigenvalue weighted by atomic mass is 9.99. The number of amides is 1. The minimum Gasteiger partial charge on any atom is -0.394 e. The van der Waals surface area contributed by atoms with Crippen LogP contribution >= 0.6 is 0 Å². The fourth-order valence-corrected chi connectivity index (χ4v) is 7.62. The standard InChI is InChI=1S/C48H91NO8/c1-3-5-7-9-11-13-15-17-18-19-20-21-22-23-24-26-28-30-32-34-36-38-44(52)49-41(40-56-48-47(55)46(54)45(53)43(39-50)57-48)42(51)37-35-33-31-29-27-25-16-14-12-10-8-6-4-2/h17-18,35,37,41-43,45-48,50-51,53-55H,3-16,19-34,36,38-40H2,1-2H3,(H,49,52)/b18-17-,37-35+/t41-,42?,43?,45?,46?,47?,48?/m0/s1. The first-order chi connectivity index (χ1) is 27.8. The van der Waals surface area contributed by atoms with Crippen molar-refractivity contribution in [2.45, 2.75) is 262 Å². The topological polar surface area (TPSA) is 149 Å². The van der Waals surface area contributed by atoms with E-state index in [1.165, 1.54) is 161 Å². The molecule has 9 heteroatoms. The number of unbranched alkanes of at least 4 members (excludes halogenated alkanes) is 28. The Balaban J connectivity index is 2.29. The van der Waals surface area contributed by atoms with Crippen LogP contribution in [0.4, 0.5) is 0 Å². The molecule has 1 rings (SSSR count). The molecule has 0 bridgehead atoms. The summed E-state index contributed by atoms with van der Waals surface area (Å²) in [6.07, 6.45) is 39.3. The molecule has 57 heavy (non-hydrogen) atoms. The van der Waals surface area contributed by atoms with Crippen molar-refractivity contribution in [3.8, 4) is 0 Å². The van der Waals surface area contributed by atoms with Crippen LogP contribution in [0, 0.1) is 0 Å². The van der Waals surface area contributed by atoms with Gasteiger partial charge in [0.05, 0.1) is 25.4 Å². The summed E-state index contributed by atoms with van der Waals surface area (Å²) in [7, 11) is 0. The van der Waals surface area contributed by atoms with Gasteiger partial charge in [-0.2, -0.15) is 0 Å². The molecule has 1 heterocycles. The second kappa shape index (κ2) is 38.8. The molecule has 9 nitrogen and oxygen atoms in total. The lowest BCUT2D eigenvalue weighted by molar-refractivity contribution is -0.302. The van der Waals surface area contributed by atoms with Crippen LogP contribution in [0.25, 0.3) is 0 Å². The van der Waals surface area contributed by atoms with Gasteiger partial charge in [-0.25, -0.2) is 0 Å². The van der Waals surface area contributed by atoms with Crippen LogP contribution in [-0.2, 0) is 14.3 Å². The molecule has 1 saturated heterocycles. The van der Waals surface area contributed by atoms with Crippen LogP contribution in [-0.4, -0.2) is 87.5 Å². The van der Waals surface area contributed by atoms with Crippen molar-refractivity contribution in [1.82, 2.24) is 5.32 Å². The fourth-order valence-electron chi connectivity index (χ4n) is 7.62. The molecule has 6 N–H and O–H groups in total. The zero-order chi connectivity index (χ0) is 41.6. The molecule has 0 aromatic heterocycles. The average molecular weight is 810 g/mol. The summed E-state index contributed by atoms with van der Waals surface area (Å²) in [5, 5.41) is 54.2. The van der Waals surface area contributed by atoms with Gasteiger partial charge in [0.25, 0.3) is 0 Å². The maximum absolute atomic E-state index is 13.0. The van der Waals surface area contributed by atoms with E-state index in [0.717, 1.165) is 38.5 Å². The van der Waals surface area contributed by atoms with Crippen LogP contribution in [0.2, 0.25) is 0 Å². The average Bonchev–Trinajstić information content (AvgIpc) is 3.21. The van der Waals surface area contributed by atoms with Gasteiger partial charge in [0, 0.05) is 6.42 Å². The van der Waals surface area contributed by atoms with Crippen LogP contribution in [0.1, 0.15) is 219 Å². The second-order valence-corrected chi connectivity index (χ2v) is 16.9. The number of hydrogen-bond donors (Lipinski definition) is 6. The minimum atomic E-state index is -1.56. The first-order valence-corrected chi connectivity index (χ1v) is 24.1. The highest BCUT2D eigenvalue weighted by atomic mass is 16.7. The van der Waals surface area contributed by atoms with Gasteiger partial charge in [0.15, 0.2) is 6.29 Å². The summed E-state index contributed by atoms with van der Waals surface area (Å²) in [6, 6.07) is -0.801. The van der Waals surface area contributed by atoms with E-state index in [4.69, 9.17) is 9.47 Å². The van der Waals surface area contributed by atoms with Crippen molar-refractivity contribution in [3.05, 3.63) is 24.3 Å². The highest BCUT2D eigenvalue weighted by Gasteiger charge is 2.44. The highest BCUT2D eigenvalue weighted by Crippen LogP contribution is 2.23. The van der Waals surface area contributed by atoms with Gasteiger partial charge in [-0.1, -0.05) is 192 Å². The van der Waals surface area contributed by atoms with Crippen molar-refractivity contribution in [1.29, 1.82) is 0 Å². The van der Waals surface area contributed by atoms with E-state index in [2.05, 4.69) is 31.3 Å². The zero-order valence-electron chi connectivity index (χ0n) is 36.9. The Morgan fingerprint density at radius 2 is 0.982 bits per heavy atom. The quantitative estimate of drug-likeness (QED) is 0.0265. The molecular formula is C48H91NO8. The molecule has 0 spiro atoms. The van der Waals surface area contributed by atoms with Gasteiger partial charge >= 0.3 is 0 Å². The lowest BCUT2D eigenvalue weighted by Crippen LogP contribution is -2.60. The zero-order valence-corrected chi connectivity index (χ0v) is 36.9. The number of allylic oxidation sites excluding steroid dienone is 3. The van der Waals surface area contributed by atoms with E-state index in [1.807, 2.05) is 6.08 Å². The normalized spacial score (nSPS) is 21.1. The molecule has 7 atom stereocenters. The Bertz CT molecular complexity index is 945. The largest absolute Gasteiger partial charge is 0.394 e. The van der Waals surface area contributed by atoms with E-state index in [1.54, 1.807) is 6.08 Å². The Hall–Kier alpha value is -1.33. The smallest absolute Gasteiger partial charge is 0.220 e. The van der Waals surface area contributed by atoms with Crippen molar-refractivity contribution < 1.29 is 39.8 Å². The predicted octanol–water partition coefficient (Wildman–Crippen LogP) is 10.3. The number of aliphatic hydroxyl groups excluding tert-OH is 5. The first kappa shape index (κ1) is 53.7. The van der Waals surface area contributed by atoms with E-state index < -0.39 is 49.5 Å². The Morgan fingerprint density at radius 3 is 1.42 bits per heavy atom. The van der Waals surface area contributed by atoms with E-state index >= 15 is 0 Å². The summed E-state index contributed by atoms with van der Waals surface area (Å²) >= 11 is 0. The van der Waals surface area contributed by atoms with Gasteiger partial charge < -0.3 is 40.3 Å². The fraction of sp³-hybridized carbons (Fsp3) is 0.896. The molecule has 1 fully saturated rings. The van der Waals surface area contributed by atoms with Gasteiger partial charge in [-0.15, -0.1) is 0 Å². The summed E-state index contributed by atoms with van der Waals surface area (Å²) in [5.41, 5.74) is 0. The molecule has 0 radical (unpaired) electrons. The second-order valence-electron chi connectivity index (χ2n) is 16.9. The number of aliphatic hydroxyl groups is 5. The van der Waals surface area contributed by atoms with Crippen LogP contribution in [0.3, 0.4) is 0 Å². The third-order valence-electron chi connectivity index (χ3n) is 11.5. The SMILES string of the molecule is CCCCCCCC/C=C\CCCCCCCCCCCCCC(=O)N[C@@H](COC1OC(CO)C(O)C(O)C1O)C(O)/C=C/CCCCCCCCCCCCC. The van der Waals surface area contributed by atoms with Gasteiger partial charge in [0.1, 0.15) is 24.4 Å². The Morgan fingerprint density at radius 1 is 0.579 bits per heavy atom. The molecular weight excluding hydrogens is 719 g/mol. The number of ether oxygens (including phenoxy) is 2. The maximum Gasteiger partial charge on any atom is 0.220 e. The lowest BCUT2D eigenvalue weighted by Gasteiger charge is -2.40. The van der Waals surface area contributed by atoms with Crippen LogP contribution < -0.4 is 5.32 Å². The summed E-state index contributed by atoms with van der Waals surface area (Å²) in [6.45, 7) is 3.77. The Labute approximate surface area is 349 Å². The van der Waals surface area contributed by atoms with Gasteiger partial charge in [-0.3, -0.25) is 4.79 Å². The van der Waals surface area contributed by atoms with Crippen molar-refractivity contribution in [3.63, 3.8) is 0 Å². The van der Waals surface area contributed by atoms with Gasteiger partial charge in [-0.05, 0) is 44.9 Å².